The Kier molecular flexibility index (Phi) is 6.53. The highest BCUT2D eigenvalue weighted by atomic mass is 32.2. The highest BCUT2D eigenvalue weighted by Crippen LogP contribution is 2.17. The average Bonchev–Trinajstić information content (AvgIpc) is 3.20. The van der Waals surface area contributed by atoms with Crippen molar-refractivity contribution >= 4 is 22.1 Å². The van der Waals surface area contributed by atoms with Gasteiger partial charge >= 0.3 is 5.97 Å². The lowest BCUT2D eigenvalue weighted by Crippen LogP contribution is -2.29. The number of hydrogen-bond donors (Lipinski definition) is 1. The van der Waals surface area contributed by atoms with Crippen molar-refractivity contribution in [1.82, 2.24) is 14.9 Å². The van der Waals surface area contributed by atoms with E-state index in [0.717, 1.165) is 22.1 Å². The molecule has 1 heterocycles. The van der Waals surface area contributed by atoms with Gasteiger partial charge in [0.25, 0.3) is 5.89 Å². The summed E-state index contributed by atoms with van der Waals surface area (Å²) in [6.07, 6.45) is 1.44. The Balaban J connectivity index is 1.47. The minimum Gasteiger partial charge on any atom is -0.455 e. The lowest BCUT2D eigenvalue weighted by atomic mass is 10.2. The number of carbonyl (C=O) groups is 1. The lowest BCUT2D eigenvalue weighted by molar-refractivity contribution is -0.144. The first-order valence-corrected chi connectivity index (χ1v) is 10.2. The molecule has 0 fully saturated rings. The van der Waals surface area contributed by atoms with Gasteiger partial charge in [0.2, 0.25) is 15.9 Å². The third kappa shape index (κ3) is 6.37. The minimum absolute atomic E-state index is 0.110. The number of sulfonamides is 1. The molecule has 8 nitrogen and oxygen atoms in total. The molecule has 0 unspecified atom stereocenters. The second-order valence-corrected chi connectivity index (χ2v) is 7.76. The van der Waals surface area contributed by atoms with Gasteiger partial charge in [0, 0.05) is 11.0 Å². The molecule has 0 bridgehead atoms. The van der Waals surface area contributed by atoms with Crippen LogP contribution < -0.4 is 4.72 Å². The predicted octanol–water partition coefficient (Wildman–Crippen LogP) is 2.68. The van der Waals surface area contributed by atoms with Crippen molar-refractivity contribution in [2.24, 2.45) is 0 Å². The molecule has 0 saturated heterocycles. The molecule has 2 aromatic carbocycles. The van der Waals surface area contributed by atoms with Gasteiger partial charge in [0.15, 0.2) is 6.61 Å². The Labute approximate surface area is 168 Å². The van der Waals surface area contributed by atoms with Crippen molar-refractivity contribution in [3.05, 3.63) is 77.0 Å². The maximum atomic E-state index is 12.0. The van der Waals surface area contributed by atoms with Gasteiger partial charge in [-0.05, 0) is 30.7 Å². The maximum Gasteiger partial charge on any atom is 0.321 e. The Bertz CT molecular complexity index is 1090. The number of ether oxygens (including phenoxy) is 1. The van der Waals surface area contributed by atoms with Gasteiger partial charge in [-0.3, -0.25) is 4.79 Å². The third-order valence-electron chi connectivity index (χ3n) is 3.78. The summed E-state index contributed by atoms with van der Waals surface area (Å²) in [5.74, 6) is -0.352. The first-order chi connectivity index (χ1) is 13.9. The van der Waals surface area contributed by atoms with Crippen molar-refractivity contribution in [3.8, 4) is 11.5 Å². The number of aryl methyl sites for hydroxylation is 1. The van der Waals surface area contributed by atoms with Crippen molar-refractivity contribution in [2.75, 3.05) is 6.54 Å². The van der Waals surface area contributed by atoms with Crippen LogP contribution in [0.4, 0.5) is 0 Å². The molecule has 3 aromatic rings. The van der Waals surface area contributed by atoms with E-state index in [-0.39, 0.29) is 12.5 Å². The van der Waals surface area contributed by atoms with E-state index in [1.807, 2.05) is 49.4 Å². The number of hydrogen-bond acceptors (Lipinski definition) is 7. The topological polar surface area (TPSA) is 111 Å². The van der Waals surface area contributed by atoms with Crippen molar-refractivity contribution in [2.45, 2.75) is 13.5 Å². The molecule has 0 saturated carbocycles. The average molecular weight is 413 g/mol. The molecule has 0 aliphatic heterocycles. The second-order valence-electron chi connectivity index (χ2n) is 6.11. The van der Waals surface area contributed by atoms with Crippen LogP contribution in [0, 0.1) is 6.92 Å². The van der Waals surface area contributed by atoms with Crippen LogP contribution in [-0.2, 0) is 26.2 Å². The van der Waals surface area contributed by atoms with Gasteiger partial charge in [-0.1, -0.05) is 48.0 Å². The van der Waals surface area contributed by atoms with Crippen molar-refractivity contribution < 1.29 is 22.4 Å². The minimum atomic E-state index is -3.78. The molecule has 0 radical (unpaired) electrons. The number of benzene rings is 2. The van der Waals surface area contributed by atoms with Crippen LogP contribution in [0.5, 0.6) is 0 Å². The normalized spacial score (nSPS) is 11.6. The first-order valence-electron chi connectivity index (χ1n) is 8.69. The van der Waals surface area contributed by atoms with E-state index in [0.29, 0.717) is 5.89 Å². The second kappa shape index (κ2) is 9.26. The van der Waals surface area contributed by atoms with E-state index in [2.05, 4.69) is 14.9 Å². The molecule has 150 valence electrons. The molecule has 0 amide bonds. The van der Waals surface area contributed by atoms with Gasteiger partial charge in [0.1, 0.15) is 6.54 Å². The van der Waals surface area contributed by atoms with Crippen LogP contribution in [0.15, 0.2) is 64.4 Å². The molecule has 1 N–H and O–H groups in total. The summed E-state index contributed by atoms with van der Waals surface area (Å²) in [6.45, 7) is 1.17. The van der Waals surface area contributed by atoms with Crippen molar-refractivity contribution in [3.63, 3.8) is 0 Å². The van der Waals surface area contributed by atoms with Crippen LogP contribution in [-0.4, -0.2) is 31.1 Å². The van der Waals surface area contributed by atoms with Gasteiger partial charge in [0.05, 0.1) is 0 Å². The van der Waals surface area contributed by atoms with Crippen LogP contribution in [0.1, 0.15) is 17.0 Å². The summed E-state index contributed by atoms with van der Waals surface area (Å²) in [6, 6.07) is 16.5. The fourth-order valence-corrected chi connectivity index (χ4v) is 3.01. The van der Waals surface area contributed by atoms with Gasteiger partial charge in [-0.25, -0.2) is 13.1 Å². The summed E-state index contributed by atoms with van der Waals surface area (Å²) in [5.41, 5.74) is 2.54. The summed E-state index contributed by atoms with van der Waals surface area (Å²) < 4.78 is 36.5. The zero-order chi connectivity index (χ0) is 20.7. The summed E-state index contributed by atoms with van der Waals surface area (Å²) >= 11 is 0. The SMILES string of the molecule is Cc1ccc(/C=C/S(=O)(=O)NCC(=O)OCc2nnc(-c3ccccc3)o2)cc1. The number of aromatic nitrogens is 2. The number of nitrogens with one attached hydrogen (secondary N) is 1. The summed E-state index contributed by atoms with van der Waals surface area (Å²) in [7, 11) is -3.78. The van der Waals surface area contributed by atoms with Crippen LogP contribution in [0.25, 0.3) is 17.5 Å². The summed E-state index contributed by atoms with van der Waals surface area (Å²) in [5, 5.41) is 8.67. The highest BCUT2D eigenvalue weighted by molar-refractivity contribution is 7.92. The molecular weight excluding hydrogens is 394 g/mol. The van der Waals surface area contributed by atoms with E-state index in [4.69, 9.17) is 9.15 Å². The van der Waals surface area contributed by atoms with Crippen LogP contribution in [0.3, 0.4) is 0 Å². The van der Waals surface area contributed by atoms with E-state index >= 15 is 0 Å². The van der Waals surface area contributed by atoms with E-state index in [9.17, 15) is 13.2 Å². The Morgan fingerprint density at radius 2 is 1.83 bits per heavy atom. The lowest BCUT2D eigenvalue weighted by Gasteiger charge is -2.03. The van der Waals surface area contributed by atoms with Crippen molar-refractivity contribution in [1.29, 1.82) is 0 Å². The number of carbonyl (C=O) groups excluding carboxylic acids is 1. The number of rotatable bonds is 8. The monoisotopic (exact) mass is 413 g/mol. The van der Waals surface area contributed by atoms with Gasteiger partial charge < -0.3 is 9.15 Å². The molecule has 0 aliphatic carbocycles. The predicted molar refractivity (Wildman–Crippen MR) is 107 cm³/mol. The molecule has 0 atom stereocenters. The molecule has 0 aliphatic rings. The van der Waals surface area contributed by atoms with E-state index in [1.54, 1.807) is 12.1 Å². The standard InChI is InChI=1S/C20H19N3O5S/c1-15-7-9-16(10-8-15)11-12-29(25,26)21-13-19(24)27-14-18-22-23-20(28-18)17-5-3-2-4-6-17/h2-12,21H,13-14H2,1H3/b12-11+. The highest BCUT2D eigenvalue weighted by Gasteiger charge is 2.13. The molecule has 9 heteroatoms. The quantitative estimate of drug-likeness (QED) is 0.565. The summed E-state index contributed by atoms with van der Waals surface area (Å²) in [4.78, 5) is 11.8. The Morgan fingerprint density at radius 3 is 2.55 bits per heavy atom. The Hall–Kier alpha value is -3.30. The number of nitrogens with zero attached hydrogens (tertiary/aromatic N) is 2. The smallest absolute Gasteiger partial charge is 0.321 e. The molecular formula is C20H19N3O5S. The zero-order valence-corrected chi connectivity index (χ0v) is 16.4. The molecule has 3 rings (SSSR count). The van der Waals surface area contributed by atoms with Gasteiger partial charge in [-0.15, -0.1) is 10.2 Å². The third-order valence-corrected chi connectivity index (χ3v) is 4.82. The fraction of sp³-hybridized carbons (Fsp3) is 0.150. The Morgan fingerprint density at radius 1 is 1.10 bits per heavy atom. The molecule has 1 aromatic heterocycles. The first kappa shape index (κ1) is 20.4. The fourth-order valence-electron chi connectivity index (χ4n) is 2.26. The van der Waals surface area contributed by atoms with Crippen LogP contribution in [0.2, 0.25) is 0 Å². The zero-order valence-electron chi connectivity index (χ0n) is 15.6. The largest absolute Gasteiger partial charge is 0.455 e. The number of esters is 1. The van der Waals surface area contributed by atoms with Gasteiger partial charge in [-0.2, -0.15) is 0 Å². The maximum absolute atomic E-state index is 12.0. The van der Waals surface area contributed by atoms with E-state index < -0.39 is 22.5 Å². The molecule has 0 spiro atoms. The van der Waals surface area contributed by atoms with E-state index in [1.165, 1.54) is 6.08 Å². The van der Waals surface area contributed by atoms with Crippen LogP contribution >= 0.6 is 0 Å². The molecule has 29 heavy (non-hydrogen) atoms.